The summed E-state index contributed by atoms with van der Waals surface area (Å²) in [6, 6.07) is 12.0. The number of imide groups is 1. The van der Waals surface area contributed by atoms with Crippen molar-refractivity contribution in [2.75, 3.05) is 7.05 Å². The number of nitrogens with zero attached hydrogens (tertiary/aromatic N) is 2. The molecule has 22 heavy (non-hydrogen) atoms. The van der Waals surface area contributed by atoms with E-state index >= 15 is 0 Å². The third-order valence-corrected chi connectivity index (χ3v) is 3.31. The second-order valence-electron chi connectivity index (χ2n) is 4.78. The fourth-order valence-electron chi connectivity index (χ4n) is 2.06. The highest BCUT2D eigenvalue weighted by atomic mass is 16.2. The number of amides is 2. The lowest BCUT2D eigenvalue weighted by molar-refractivity contribution is -0.130. The van der Waals surface area contributed by atoms with Gasteiger partial charge in [0.1, 0.15) is 0 Å². The maximum Gasteiger partial charge on any atom is 0.275 e. The molecule has 6 nitrogen and oxygen atoms in total. The van der Waals surface area contributed by atoms with Gasteiger partial charge >= 0.3 is 0 Å². The number of carbonyl (C=O) groups is 2. The van der Waals surface area contributed by atoms with Crippen LogP contribution in [0.5, 0.6) is 0 Å². The van der Waals surface area contributed by atoms with Gasteiger partial charge in [-0.3, -0.25) is 14.6 Å². The second kappa shape index (κ2) is 7.44. The minimum absolute atomic E-state index is 0.320. The van der Waals surface area contributed by atoms with Crippen LogP contribution >= 0.6 is 0 Å². The number of hydrazine groups is 1. The van der Waals surface area contributed by atoms with E-state index in [0.29, 0.717) is 17.0 Å². The van der Waals surface area contributed by atoms with Crippen molar-refractivity contribution >= 4 is 11.8 Å². The van der Waals surface area contributed by atoms with Gasteiger partial charge in [0.25, 0.3) is 11.8 Å². The molecule has 0 bridgehead atoms. The predicted octanol–water partition coefficient (Wildman–Crippen LogP) is 0.755. The molecule has 2 aromatic rings. The van der Waals surface area contributed by atoms with Crippen LogP contribution < -0.4 is 11.2 Å². The highest BCUT2D eigenvalue weighted by Gasteiger charge is 2.26. The van der Waals surface area contributed by atoms with Gasteiger partial charge in [-0.05, 0) is 31.2 Å². The molecule has 0 saturated heterocycles. The number of likely N-dealkylation sites (N-methyl/N-ethyl adjacent to an activating group) is 1. The maximum atomic E-state index is 12.4. The first-order chi connectivity index (χ1) is 10.6. The number of pyridine rings is 1. The van der Waals surface area contributed by atoms with Gasteiger partial charge in [-0.1, -0.05) is 30.3 Å². The monoisotopic (exact) mass is 298 g/mol. The minimum Gasteiger partial charge on any atom is -0.309 e. The van der Waals surface area contributed by atoms with E-state index in [1.54, 1.807) is 7.05 Å². The molecule has 3 N–H and O–H groups in total. The van der Waals surface area contributed by atoms with Crippen molar-refractivity contribution in [2.45, 2.75) is 12.5 Å². The van der Waals surface area contributed by atoms with E-state index in [9.17, 15) is 9.59 Å². The fourth-order valence-corrected chi connectivity index (χ4v) is 2.06. The van der Waals surface area contributed by atoms with E-state index in [1.807, 2.05) is 30.3 Å². The van der Waals surface area contributed by atoms with Crippen LogP contribution in [0.15, 0.2) is 54.9 Å². The first-order valence-corrected chi connectivity index (χ1v) is 6.87. The van der Waals surface area contributed by atoms with Gasteiger partial charge in [-0.25, -0.2) is 10.9 Å². The number of rotatable bonds is 5. The van der Waals surface area contributed by atoms with Crippen LogP contribution in [0.2, 0.25) is 0 Å². The first-order valence-electron chi connectivity index (χ1n) is 6.87. The zero-order valence-electron chi connectivity index (χ0n) is 12.3. The Morgan fingerprint density at radius 3 is 2.41 bits per heavy atom. The van der Waals surface area contributed by atoms with Crippen molar-refractivity contribution in [3.8, 4) is 0 Å². The van der Waals surface area contributed by atoms with Gasteiger partial charge in [0.15, 0.2) is 0 Å². The standard InChI is InChI=1S/C16H18N4O2/c1-18-14(11-12-5-3-2-4-6-12)16(22)20(17)15(21)13-7-9-19-10-8-13/h2-10,14,18H,11,17H2,1H3/t14-/m0/s1. The number of aromatic nitrogens is 1. The molecule has 0 aliphatic heterocycles. The molecule has 0 spiro atoms. The predicted molar refractivity (Wildman–Crippen MR) is 82.6 cm³/mol. The summed E-state index contributed by atoms with van der Waals surface area (Å²) in [4.78, 5) is 28.4. The zero-order valence-corrected chi connectivity index (χ0v) is 12.3. The van der Waals surface area contributed by atoms with Crippen LogP contribution in [0.25, 0.3) is 0 Å². The van der Waals surface area contributed by atoms with Gasteiger partial charge in [-0.2, -0.15) is 0 Å². The molecule has 0 aliphatic carbocycles. The lowest BCUT2D eigenvalue weighted by Gasteiger charge is -2.21. The van der Waals surface area contributed by atoms with E-state index in [1.165, 1.54) is 24.5 Å². The van der Waals surface area contributed by atoms with Gasteiger partial charge in [0.2, 0.25) is 0 Å². The van der Waals surface area contributed by atoms with E-state index < -0.39 is 17.9 Å². The molecule has 0 fully saturated rings. The Morgan fingerprint density at radius 2 is 1.82 bits per heavy atom. The smallest absolute Gasteiger partial charge is 0.275 e. The Bertz CT molecular complexity index is 631. The third-order valence-electron chi connectivity index (χ3n) is 3.31. The molecule has 2 rings (SSSR count). The molecule has 0 radical (unpaired) electrons. The van der Waals surface area contributed by atoms with Crippen molar-refractivity contribution < 1.29 is 9.59 Å². The van der Waals surface area contributed by atoms with Crippen molar-refractivity contribution in [2.24, 2.45) is 5.84 Å². The molecule has 1 atom stereocenters. The van der Waals surface area contributed by atoms with Crippen LogP contribution in [0, 0.1) is 0 Å². The summed E-state index contributed by atoms with van der Waals surface area (Å²) in [7, 11) is 1.66. The molecule has 6 heteroatoms. The Kier molecular flexibility index (Phi) is 5.35. The average molecular weight is 298 g/mol. The molecule has 0 unspecified atom stereocenters. The van der Waals surface area contributed by atoms with Crippen molar-refractivity contribution in [1.29, 1.82) is 0 Å². The van der Waals surface area contributed by atoms with Gasteiger partial charge < -0.3 is 5.32 Å². The molecule has 0 saturated carbocycles. The molecule has 1 aromatic heterocycles. The summed E-state index contributed by atoms with van der Waals surface area (Å²) in [5, 5.41) is 3.55. The molecular weight excluding hydrogens is 280 g/mol. The Labute approximate surface area is 128 Å². The minimum atomic E-state index is -0.571. The lowest BCUT2D eigenvalue weighted by atomic mass is 10.1. The molecular formula is C16H18N4O2. The Hall–Kier alpha value is -2.57. The summed E-state index contributed by atoms with van der Waals surface area (Å²) < 4.78 is 0. The van der Waals surface area contributed by atoms with Crippen molar-refractivity contribution in [3.63, 3.8) is 0 Å². The number of nitrogens with two attached hydrogens (primary N) is 1. The zero-order chi connectivity index (χ0) is 15.9. The summed E-state index contributed by atoms with van der Waals surface area (Å²) in [6.07, 6.45) is 3.41. The topological polar surface area (TPSA) is 88.3 Å². The summed E-state index contributed by atoms with van der Waals surface area (Å²) in [6.45, 7) is 0. The SMILES string of the molecule is CN[C@@H](Cc1ccccc1)C(=O)N(N)C(=O)c1ccncc1. The Balaban J connectivity index is 2.09. The lowest BCUT2D eigenvalue weighted by Crippen LogP contribution is -2.52. The Morgan fingerprint density at radius 1 is 1.18 bits per heavy atom. The summed E-state index contributed by atoms with van der Waals surface area (Å²) in [5.41, 5.74) is 1.31. The molecule has 2 amide bonds. The second-order valence-corrected chi connectivity index (χ2v) is 4.78. The van der Waals surface area contributed by atoms with Crippen molar-refractivity contribution in [3.05, 3.63) is 66.0 Å². The van der Waals surface area contributed by atoms with Crippen LogP contribution in [-0.2, 0) is 11.2 Å². The fraction of sp³-hybridized carbons (Fsp3) is 0.188. The number of nitrogens with one attached hydrogen (secondary N) is 1. The number of hydrogen-bond donors (Lipinski definition) is 2. The van der Waals surface area contributed by atoms with E-state index in [2.05, 4.69) is 10.3 Å². The largest absolute Gasteiger partial charge is 0.309 e. The van der Waals surface area contributed by atoms with Crippen LogP contribution in [-0.4, -0.2) is 34.9 Å². The number of benzene rings is 1. The van der Waals surface area contributed by atoms with Crippen molar-refractivity contribution in [1.82, 2.24) is 15.3 Å². The van der Waals surface area contributed by atoms with Gasteiger partial charge in [0.05, 0.1) is 6.04 Å². The highest BCUT2D eigenvalue weighted by Crippen LogP contribution is 2.07. The number of carbonyl (C=O) groups excluding carboxylic acids is 2. The maximum absolute atomic E-state index is 12.4. The van der Waals surface area contributed by atoms with E-state index in [-0.39, 0.29) is 0 Å². The number of hydrogen-bond acceptors (Lipinski definition) is 5. The van der Waals surface area contributed by atoms with Crippen LogP contribution in [0.3, 0.4) is 0 Å². The first kappa shape index (κ1) is 15.8. The average Bonchev–Trinajstić information content (AvgIpc) is 2.59. The molecule has 1 heterocycles. The third kappa shape index (κ3) is 3.75. The quantitative estimate of drug-likeness (QED) is 0.483. The molecule has 1 aromatic carbocycles. The normalized spacial score (nSPS) is 11.7. The van der Waals surface area contributed by atoms with Crippen LogP contribution in [0.4, 0.5) is 0 Å². The van der Waals surface area contributed by atoms with Gasteiger partial charge in [0, 0.05) is 18.0 Å². The van der Waals surface area contributed by atoms with Crippen LogP contribution in [0.1, 0.15) is 15.9 Å². The van der Waals surface area contributed by atoms with Gasteiger partial charge in [-0.15, -0.1) is 0 Å². The highest BCUT2D eigenvalue weighted by molar-refractivity contribution is 6.05. The van der Waals surface area contributed by atoms with E-state index in [4.69, 9.17) is 5.84 Å². The van der Waals surface area contributed by atoms with E-state index in [0.717, 1.165) is 5.56 Å². The summed E-state index contributed by atoms with van der Waals surface area (Å²) >= 11 is 0. The summed E-state index contributed by atoms with van der Waals surface area (Å²) in [5.74, 6) is 4.66. The molecule has 0 aliphatic rings. The molecule has 114 valence electrons.